The van der Waals surface area contributed by atoms with Gasteiger partial charge in [-0.25, -0.2) is 4.79 Å². The van der Waals surface area contributed by atoms with Gasteiger partial charge in [-0.2, -0.15) is 0 Å². The van der Waals surface area contributed by atoms with Crippen LogP contribution in [0.5, 0.6) is 0 Å². The number of carbonyl (C=O) groups excluding carboxylic acids is 2. The van der Waals surface area contributed by atoms with Gasteiger partial charge in [-0.15, -0.1) is 0 Å². The third-order valence-electron chi connectivity index (χ3n) is 11.1. The van der Waals surface area contributed by atoms with Gasteiger partial charge in [0.15, 0.2) is 16.6 Å². The van der Waals surface area contributed by atoms with Crippen LogP contribution in [0.25, 0.3) is 10.8 Å². The number of fused-ring (bicyclic) bond motifs is 1. The van der Waals surface area contributed by atoms with Crippen molar-refractivity contribution >= 4 is 39.2 Å². The average Bonchev–Trinajstić information content (AvgIpc) is 3.29. The van der Waals surface area contributed by atoms with Crippen molar-refractivity contribution < 1.29 is 23.2 Å². The van der Waals surface area contributed by atoms with E-state index < -0.39 is 16.6 Å². The van der Waals surface area contributed by atoms with Crippen molar-refractivity contribution in [2.45, 2.75) is 116 Å². The molecule has 0 amide bonds. The van der Waals surface area contributed by atoms with E-state index in [1.165, 1.54) is 23.4 Å². The highest BCUT2D eigenvalue weighted by molar-refractivity contribution is 6.74. The lowest BCUT2D eigenvalue weighted by Crippen LogP contribution is -2.45. The molecule has 1 saturated carbocycles. The predicted octanol–water partition coefficient (Wildman–Crippen LogP) is 10.3. The molecule has 5 nitrogen and oxygen atoms in total. The van der Waals surface area contributed by atoms with Gasteiger partial charge < -0.3 is 13.6 Å². The van der Waals surface area contributed by atoms with E-state index in [-0.39, 0.29) is 45.9 Å². The zero-order chi connectivity index (χ0) is 35.5. The number of ether oxygens (including phenoxy) is 1. The minimum Gasteiger partial charge on any atom is -0.465 e. The Bertz CT molecular complexity index is 1590. The van der Waals surface area contributed by atoms with Crippen molar-refractivity contribution in [3.63, 3.8) is 0 Å². The monoisotopic (exact) mass is 686 g/mol. The molecule has 0 heterocycles. The van der Waals surface area contributed by atoms with Crippen LogP contribution in [0.1, 0.15) is 75.9 Å². The van der Waals surface area contributed by atoms with Gasteiger partial charge in [0.2, 0.25) is 0 Å². The zero-order valence-corrected chi connectivity index (χ0v) is 33.2. The molecule has 260 valence electrons. The maximum atomic E-state index is 13.8. The molecule has 0 aliphatic heterocycles. The molecule has 0 spiro atoms. The fourth-order valence-electron chi connectivity index (χ4n) is 6.05. The van der Waals surface area contributed by atoms with Crippen molar-refractivity contribution in [1.29, 1.82) is 0 Å². The molecule has 0 aromatic heterocycles. The molecule has 1 aliphatic carbocycles. The minimum atomic E-state index is -2.14. The third kappa shape index (κ3) is 9.23. The number of rotatable bonds is 12. The lowest BCUT2D eigenvalue weighted by molar-refractivity contribution is -0.121. The predicted molar refractivity (Wildman–Crippen MR) is 204 cm³/mol. The summed E-state index contributed by atoms with van der Waals surface area (Å²) >= 11 is 0. The summed E-state index contributed by atoms with van der Waals surface area (Å²) in [5.74, 6) is -0.258. The Labute approximate surface area is 291 Å². The van der Waals surface area contributed by atoms with Crippen molar-refractivity contribution in [2.24, 2.45) is 11.8 Å². The van der Waals surface area contributed by atoms with Gasteiger partial charge in [0, 0.05) is 24.7 Å². The van der Waals surface area contributed by atoms with Crippen LogP contribution < -0.4 is 0 Å². The van der Waals surface area contributed by atoms with Crippen LogP contribution in [-0.2, 0) is 31.2 Å². The Hall–Kier alpha value is -2.85. The summed E-state index contributed by atoms with van der Waals surface area (Å²) in [6.45, 7) is 22.8. The van der Waals surface area contributed by atoms with E-state index in [0.717, 1.165) is 24.8 Å². The Morgan fingerprint density at radius 1 is 0.854 bits per heavy atom. The molecule has 1 unspecified atom stereocenters. The van der Waals surface area contributed by atoms with Crippen LogP contribution in [-0.4, -0.2) is 47.7 Å². The second-order valence-corrected chi connectivity index (χ2v) is 26.2. The van der Waals surface area contributed by atoms with Crippen LogP contribution in [0.4, 0.5) is 0 Å². The number of benzene rings is 3. The summed E-state index contributed by atoms with van der Waals surface area (Å²) in [5.41, 5.74) is 2.87. The molecule has 3 aromatic carbocycles. The van der Waals surface area contributed by atoms with Crippen molar-refractivity contribution in [3.8, 4) is 0 Å². The summed E-state index contributed by atoms with van der Waals surface area (Å²) in [6.07, 6.45) is 6.91. The van der Waals surface area contributed by atoms with Crippen LogP contribution >= 0.6 is 0 Å². The van der Waals surface area contributed by atoms with Gasteiger partial charge >= 0.3 is 5.97 Å². The van der Waals surface area contributed by atoms with Gasteiger partial charge in [0.05, 0.1) is 24.9 Å². The van der Waals surface area contributed by atoms with E-state index in [4.69, 9.17) is 13.6 Å². The number of carbonyl (C=O) groups is 2. The SMILES string of the molecule is COC(=O)c1ccc(CC[C@H]2C(=O)C[C@@H](O[Si](C)(C)C(C)(C)C)[C@@H]2C=CC(Cc2ccc3ccccc3c2)O[Si](C)(C)C(C)(C)C)cc1. The number of methoxy groups -OCH3 is 1. The van der Waals surface area contributed by atoms with Gasteiger partial charge in [0.25, 0.3) is 0 Å². The zero-order valence-electron chi connectivity index (χ0n) is 31.2. The molecule has 0 radical (unpaired) electrons. The summed E-state index contributed by atoms with van der Waals surface area (Å²) in [7, 11) is -2.86. The number of hydrogen-bond donors (Lipinski definition) is 0. The number of ketones is 1. The van der Waals surface area contributed by atoms with Crippen LogP contribution in [0.2, 0.25) is 36.3 Å². The van der Waals surface area contributed by atoms with Crippen LogP contribution in [0.15, 0.2) is 78.9 Å². The Morgan fingerprint density at radius 2 is 1.46 bits per heavy atom. The topological polar surface area (TPSA) is 61.8 Å². The lowest BCUT2D eigenvalue weighted by Gasteiger charge is -2.40. The van der Waals surface area contributed by atoms with Gasteiger partial charge in [-0.05, 0) is 83.1 Å². The fourth-order valence-corrected chi connectivity index (χ4v) is 8.67. The first kappa shape index (κ1) is 38.0. The van der Waals surface area contributed by atoms with E-state index in [0.29, 0.717) is 12.0 Å². The smallest absolute Gasteiger partial charge is 0.337 e. The first-order valence-electron chi connectivity index (χ1n) is 17.5. The standard InChI is InChI=1S/C41H58O5Si2/c1-40(2,3)47(8,9)45-34(27-30-18-20-31-14-12-13-15-33(31)26-30)23-25-36-35(24-19-29-16-21-32(22-17-29)39(43)44-7)37(42)28-38(36)46-48(10,11)41(4,5)6/h12-18,20-23,25-26,34-36,38H,19,24,27-28H2,1-11H3/t34?,35-,36-,38-/m1/s1. The molecular formula is C41H58O5Si2. The largest absolute Gasteiger partial charge is 0.465 e. The Balaban J connectivity index is 1.66. The van der Waals surface area contributed by atoms with Crippen molar-refractivity contribution in [1.82, 2.24) is 0 Å². The van der Waals surface area contributed by atoms with Crippen molar-refractivity contribution in [3.05, 3.63) is 95.6 Å². The molecule has 0 saturated heterocycles. The molecule has 3 aromatic rings. The van der Waals surface area contributed by atoms with E-state index in [2.05, 4.69) is 122 Å². The summed E-state index contributed by atoms with van der Waals surface area (Å²) in [6, 6.07) is 22.7. The minimum absolute atomic E-state index is 0.0356. The highest BCUT2D eigenvalue weighted by Gasteiger charge is 2.47. The van der Waals surface area contributed by atoms with E-state index in [9.17, 15) is 9.59 Å². The third-order valence-corrected chi connectivity index (χ3v) is 20.1. The van der Waals surface area contributed by atoms with Gasteiger partial charge in [-0.1, -0.05) is 108 Å². The first-order chi connectivity index (χ1) is 22.3. The molecule has 7 heteroatoms. The number of Topliss-reactive ketones (excluding diaryl/α,β-unsaturated/α-hetero) is 1. The summed E-state index contributed by atoms with van der Waals surface area (Å²) in [4.78, 5) is 25.7. The lowest BCUT2D eigenvalue weighted by atomic mass is 9.88. The molecular weight excluding hydrogens is 629 g/mol. The Kier molecular flexibility index (Phi) is 11.8. The number of hydrogen-bond acceptors (Lipinski definition) is 5. The molecule has 1 fully saturated rings. The molecule has 0 N–H and O–H groups in total. The summed E-state index contributed by atoms with van der Waals surface area (Å²) in [5, 5.41) is 2.56. The molecule has 4 atom stereocenters. The first-order valence-corrected chi connectivity index (χ1v) is 23.3. The molecule has 4 rings (SSSR count). The van der Waals surface area contributed by atoms with E-state index in [1.54, 1.807) is 12.1 Å². The Morgan fingerprint density at radius 3 is 2.06 bits per heavy atom. The summed E-state index contributed by atoms with van der Waals surface area (Å²) < 4.78 is 19.0. The average molecular weight is 687 g/mol. The van der Waals surface area contributed by atoms with E-state index >= 15 is 0 Å². The fraction of sp³-hybridized carbons (Fsp3) is 0.512. The quantitative estimate of drug-likeness (QED) is 0.108. The molecule has 1 aliphatic rings. The second kappa shape index (κ2) is 15.0. The normalized spacial score (nSPS) is 20.1. The van der Waals surface area contributed by atoms with Crippen molar-refractivity contribution in [2.75, 3.05) is 7.11 Å². The van der Waals surface area contributed by atoms with E-state index in [1.807, 2.05) is 12.1 Å². The van der Waals surface area contributed by atoms with Crippen LogP contribution in [0, 0.1) is 11.8 Å². The maximum Gasteiger partial charge on any atom is 0.337 e. The number of esters is 1. The molecule has 0 bridgehead atoms. The maximum absolute atomic E-state index is 13.8. The highest BCUT2D eigenvalue weighted by Crippen LogP contribution is 2.43. The van der Waals surface area contributed by atoms with Crippen LogP contribution in [0.3, 0.4) is 0 Å². The van der Waals surface area contributed by atoms with Gasteiger partial charge in [-0.3, -0.25) is 4.79 Å². The van der Waals surface area contributed by atoms with Gasteiger partial charge in [0.1, 0.15) is 5.78 Å². The highest BCUT2D eigenvalue weighted by atomic mass is 28.4. The molecule has 48 heavy (non-hydrogen) atoms. The number of aryl methyl sites for hydroxylation is 1. The second-order valence-electron chi connectivity index (χ2n) is 16.7.